The predicted octanol–water partition coefficient (Wildman–Crippen LogP) is 3.26. The minimum absolute atomic E-state index is 0.556. The SMILES string of the molecule is CCc1ccc(Nc2ncnc(NCCN3CCCCC3)c2N)cc1. The second kappa shape index (κ2) is 8.67. The Kier molecular flexibility index (Phi) is 6.06. The Morgan fingerprint density at radius 1 is 1.04 bits per heavy atom. The summed E-state index contributed by atoms with van der Waals surface area (Å²) in [5.74, 6) is 1.33. The Bertz CT molecular complexity index is 664. The fraction of sp³-hybridized carbons (Fsp3) is 0.474. The number of piperidine rings is 1. The monoisotopic (exact) mass is 340 g/mol. The van der Waals surface area contributed by atoms with Crippen molar-refractivity contribution in [3.05, 3.63) is 36.2 Å². The highest BCUT2D eigenvalue weighted by molar-refractivity contribution is 5.77. The predicted molar refractivity (Wildman–Crippen MR) is 104 cm³/mol. The zero-order chi connectivity index (χ0) is 17.5. The van der Waals surface area contributed by atoms with Crippen LogP contribution in [0.5, 0.6) is 0 Å². The molecular weight excluding hydrogens is 312 g/mol. The average molecular weight is 340 g/mol. The Morgan fingerprint density at radius 3 is 2.48 bits per heavy atom. The Morgan fingerprint density at radius 2 is 1.76 bits per heavy atom. The number of nitrogens with one attached hydrogen (secondary N) is 2. The number of benzene rings is 1. The standard InChI is InChI=1S/C19H28N6/c1-2-15-6-8-16(9-7-15)24-19-17(20)18(22-14-23-19)21-10-13-25-11-4-3-5-12-25/h6-9,14H,2-5,10-13,20H2,1H3,(H2,21,22,23,24). The molecule has 0 aliphatic carbocycles. The highest BCUT2D eigenvalue weighted by Crippen LogP contribution is 2.25. The molecule has 0 atom stereocenters. The van der Waals surface area contributed by atoms with Gasteiger partial charge >= 0.3 is 0 Å². The number of nitrogen functional groups attached to an aromatic ring is 1. The Balaban J connectivity index is 1.58. The molecule has 4 N–H and O–H groups in total. The number of nitrogens with two attached hydrogens (primary N) is 1. The molecule has 3 rings (SSSR count). The highest BCUT2D eigenvalue weighted by atomic mass is 15.2. The molecule has 0 spiro atoms. The molecule has 134 valence electrons. The largest absolute Gasteiger partial charge is 0.393 e. The summed E-state index contributed by atoms with van der Waals surface area (Å²) in [6, 6.07) is 8.31. The molecule has 1 aliphatic heterocycles. The van der Waals surface area contributed by atoms with Crippen LogP contribution in [0.25, 0.3) is 0 Å². The van der Waals surface area contributed by atoms with Gasteiger partial charge in [-0.15, -0.1) is 0 Å². The van der Waals surface area contributed by atoms with Gasteiger partial charge in [-0.1, -0.05) is 25.5 Å². The van der Waals surface area contributed by atoms with Crippen molar-refractivity contribution < 1.29 is 0 Å². The number of nitrogens with zero attached hydrogens (tertiary/aromatic N) is 3. The molecule has 2 aromatic rings. The van der Waals surface area contributed by atoms with Crippen molar-refractivity contribution in [2.75, 3.05) is 42.5 Å². The van der Waals surface area contributed by atoms with Crippen LogP contribution < -0.4 is 16.4 Å². The van der Waals surface area contributed by atoms with E-state index in [0.717, 1.165) is 25.2 Å². The summed E-state index contributed by atoms with van der Waals surface area (Å²) < 4.78 is 0. The Labute approximate surface area is 149 Å². The number of aryl methyl sites for hydroxylation is 1. The zero-order valence-corrected chi connectivity index (χ0v) is 15.0. The van der Waals surface area contributed by atoms with Crippen LogP contribution in [0.2, 0.25) is 0 Å². The van der Waals surface area contributed by atoms with Gasteiger partial charge in [0.05, 0.1) is 0 Å². The number of aromatic nitrogens is 2. The first-order chi connectivity index (χ1) is 12.3. The molecule has 0 saturated carbocycles. The van der Waals surface area contributed by atoms with Crippen molar-refractivity contribution in [1.82, 2.24) is 14.9 Å². The lowest BCUT2D eigenvalue weighted by molar-refractivity contribution is 0.237. The number of likely N-dealkylation sites (tertiary alicyclic amines) is 1. The van der Waals surface area contributed by atoms with E-state index < -0.39 is 0 Å². The van der Waals surface area contributed by atoms with E-state index in [1.807, 2.05) is 12.1 Å². The number of rotatable bonds is 7. The van der Waals surface area contributed by atoms with E-state index in [0.29, 0.717) is 17.3 Å². The summed E-state index contributed by atoms with van der Waals surface area (Å²) in [4.78, 5) is 11.1. The fourth-order valence-electron chi connectivity index (χ4n) is 3.11. The van der Waals surface area contributed by atoms with E-state index in [-0.39, 0.29) is 0 Å². The third-order valence-corrected chi connectivity index (χ3v) is 4.68. The van der Waals surface area contributed by atoms with Crippen LogP contribution in [0.3, 0.4) is 0 Å². The van der Waals surface area contributed by atoms with Gasteiger partial charge in [0.15, 0.2) is 11.6 Å². The molecule has 0 unspecified atom stereocenters. The number of hydrogen-bond acceptors (Lipinski definition) is 6. The molecule has 2 heterocycles. The first kappa shape index (κ1) is 17.5. The maximum Gasteiger partial charge on any atom is 0.159 e. The summed E-state index contributed by atoms with van der Waals surface area (Å²) in [6.45, 7) is 6.40. The summed E-state index contributed by atoms with van der Waals surface area (Å²) in [6.07, 6.45) is 6.54. The van der Waals surface area contributed by atoms with E-state index in [2.05, 4.69) is 44.6 Å². The molecule has 0 amide bonds. The minimum atomic E-state index is 0.556. The second-order valence-electron chi connectivity index (χ2n) is 6.49. The molecule has 25 heavy (non-hydrogen) atoms. The lowest BCUT2D eigenvalue weighted by Gasteiger charge is -2.26. The van der Waals surface area contributed by atoms with Gasteiger partial charge in [-0.3, -0.25) is 0 Å². The van der Waals surface area contributed by atoms with Crippen molar-refractivity contribution >= 4 is 23.0 Å². The van der Waals surface area contributed by atoms with Crippen LogP contribution >= 0.6 is 0 Å². The van der Waals surface area contributed by atoms with E-state index in [9.17, 15) is 0 Å². The van der Waals surface area contributed by atoms with Crippen LogP contribution in [0.1, 0.15) is 31.7 Å². The van der Waals surface area contributed by atoms with Crippen LogP contribution in [-0.2, 0) is 6.42 Å². The maximum atomic E-state index is 6.24. The van der Waals surface area contributed by atoms with Gasteiger partial charge in [-0.05, 0) is 50.0 Å². The number of hydrogen-bond donors (Lipinski definition) is 3. The van der Waals surface area contributed by atoms with Crippen LogP contribution in [0.15, 0.2) is 30.6 Å². The van der Waals surface area contributed by atoms with Gasteiger partial charge in [-0.2, -0.15) is 0 Å². The first-order valence-corrected chi connectivity index (χ1v) is 9.19. The molecular formula is C19H28N6. The van der Waals surface area contributed by atoms with Crippen molar-refractivity contribution in [1.29, 1.82) is 0 Å². The van der Waals surface area contributed by atoms with Crippen LogP contribution in [0, 0.1) is 0 Å². The van der Waals surface area contributed by atoms with Gasteiger partial charge in [0, 0.05) is 18.8 Å². The summed E-state index contributed by atoms with van der Waals surface area (Å²) >= 11 is 0. The van der Waals surface area contributed by atoms with Crippen LogP contribution in [-0.4, -0.2) is 41.0 Å². The molecule has 0 bridgehead atoms. The van der Waals surface area contributed by atoms with E-state index >= 15 is 0 Å². The fourth-order valence-corrected chi connectivity index (χ4v) is 3.11. The minimum Gasteiger partial charge on any atom is -0.393 e. The molecule has 1 fully saturated rings. The first-order valence-electron chi connectivity index (χ1n) is 9.19. The summed E-state index contributed by atoms with van der Waals surface area (Å²) in [5, 5.41) is 6.62. The molecule has 1 aromatic heterocycles. The van der Waals surface area contributed by atoms with E-state index in [4.69, 9.17) is 5.73 Å². The second-order valence-corrected chi connectivity index (χ2v) is 6.49. The molecule has 6 nitrogen and oxygen atoms in total. The third-order valence-electron chi connectivity index (χ3n) is 4.68. The molecule has 6 heteroatoms. The maximum absolute atomic E-state index is 6.24. The quantitative estimate of drug-likeness (QED) is 0.718. The average Bonchev–Trinajstić information content (AvgIpc) is 2.66. The zero-order valence-electron chi connectivity index (χ0n) is 15.0. The van der Waals surface area contributed by atoms with Gasteiger partial charge in [-0.25, -0.2) is 9.97 Å². The van der Waals surface area contributed by atoms with Gasteiger partial charge in [0.2, 0.25) is 0 Å². The van der Waals surface area contributed by atoms with Crippen molar-refractivity contribution in [2.45, 2.75) is 32.6 Å². The highest BCUT2D eigenvalue weighted by Gasteiger charge is 2.11. The van der Waals surface area contributed by atoms with Gasteiger partial charge < -0.3 is 21.3 Å². The number of anilines is 4. The van der Waals surface area contributed by atoms with Crippen molar-refractivity contribution in [3.63, 3.8) is 0 Å². The normalized spacial score (nSPS) is 15.1. The summed E-state index contributed by atoms with van der Waals surface area (Å²) in [7, 11) is 0. The topological polar surface area (TPSA) is 79.1 Å². The van der Waals surface area contributed by atoms with Gasteiger partial charge in [0.1, 0.15) is 12.0 Å². The molecule has 1 saturated heterocycles. The molecule has 0 radical (unpaired) electrons. The lowest BCUT2D eigenvalue weighted by Crippen LogP contribution is -2.33. The third kappa shape index (κ3) is 4.82. The summed E-state index contributed by atoms with van der Waals surface area (Å²) in [5.41, 5.74) is 9.08. The van der Waals surface area contributed by atoms with Gasteiger partial charge in [0.25, 0.3) is 0 Å². The van der Waals surface area contributed by atoms with Crippen molar-refractivity contribution in [2.24, 2.45) is 0 Å². The lowest BCUT2D eigenvalue weighted by atomic mass is 10.1. The molecule has 1 aliphatic rings. The van der Waals surface area contributed by atoms with Crippen LogP contribution in [0.4, 0.5) is 23.0 Å². The Hall–Kier alpha value is -2.34. The smallest absolute Gasteiger partial charge is 0.159 e. The molecule has 1 aromatic carbocycles. The van der Waals surface area contributed by atoms with E-state index in [1.54, 1.807) is 6.33 Å². The van der Waals surface area contributed by atoms with E-state index in [1.165, 1.54) is 37.9 Å². The van der Waals surface area contributed by atoms with Crippen molar-refractivity contribution in [3.8, 4) is 0 Å².